The molecule has 0 aromatic carbocycles. The van der Waals surface area contributed by atoms with Crippen molar-refractivity contribution in [3.05, 3.63) is 0 Å². The van der Waals surface area contributed by atoms with E-state index in [0.717, 1.165) is 12.7 Å². The van der Waals surface area contributed by atoms with Crippen molar-refractivity contribution in [1.29, 1.82) is 0 Å². The zero-order chi connectivity index (χ0) is 15.3. The van der Waals surface area contributed by atoms with Gasteiger partial charge in [0.25, 0.3) is 0 Å². The summed E-state index contributed by atoms with van der Waals surface area (Å²) in [5.74, 6) is -0.340. The third-order valence-corrected chi connectivity index (χ3v) is 5.87. The summed E-state index contributed by atoms with van der Waals surface area (Å²) in [4.78, 5) is 12.5. The van der Waals surface area contributed by atoms with Crippen molar-refractivity contribution in [1.82, 2.24) is 5.32 Å². The van der Waals surface area contributed by atoms with Crippen molar-refractivity contribution in [3.8, 4) is 0 Å². The second-order valence-electron chi connectivity index (χ2n) is 6.74. The number of carbonyl (C=O) groups excluding carboxylic acids is 1. The van der Waals surface area contributed by atoms with E-state index in [-0.39, 0.29) is 23.7 Å². The summed E-state index contributed by atoms with van der Waals surface area (Å²) < 4.78 is 28.2. The first-order valence-corrected chi connectivity index (χ1v) is 8.95. The lowest BCUT2D eigenvalue weighted by molar-refractivity contribution is -0.175. The fraction of sp³-hybridized carbons (Fsp3) is 0.923. The summed E-state index contributed by atoms with van der Waals surface area (Å²) in [6.45, 7) is 6.17. The first-order chi connectivity index (χ1) is 9.00. The molecular formula is C13H24N2O4S. The minimum Gasteiger partial charge on any atom is -0.377 e. The molecule has 1 amide bonds. The molecule has 2 fully saturated rings. The molecule has 2 rings (SSSR count). The molecule has 3 N–H and O–H groups in total. The molecule has 0 aromatic rings. The van der Waals surface area contributed by atoms with Crippen LogP contribution in [0.4, 0.5) is 0 Å². The zero-order valence-corrected chi connectivity index (χ0v) is 13.3. The predicted octanol–water partition coefficient (Wildman–Crippen LogP) is -0.322. The number of nitrogens with two attached hydrogens (primary N) is 1. The maximum atomic E-state index is 12.5. The van der Waals surface area contributed by atoms with Crippen LogP contribution in [0.15, 0.2) is 0 Å². The molecule has 0 spiro atoms. The lowest BCUT2D eigenvalue weighted by atomic mass is 9.48. The predicted molar refractivity (Wildman–Crippen MR) is 75.9 cm³/mol. The van der Waals surface area contributed by atoms with Gasteiger partial charge in [0.05, 0.1) is 11.9 Å². The topological polar surface area (TPSA) is 98.5 Å². The van der Waals surface area contributed by atoms with E-state index < -0.39 is 26.8 Å². The number of rotatable bonds is 4. The molecule has 1 heterocycles. The number of fused-ring (bicyclic) bond motifs is 1. The normalized spacial score (nSPS) is 36.9. The highest BCUT2D eigenvalue weighted by atomic mass is 32.2. The van der Waals surface area contributed by atoms with Gasteiger partial charge < -0.3 is 15.8 Å². The Balaban J connectivity index is 2.09. The van der Waals surface area contributed by atoms with Gasteiger partial charge in [-0.25, -0.2) is 8.42 Å². The van der Waals surface area contributed by atoms with E-state index in [2.05, 4.69) is 5.32 Å². The van der Waals surface area contributed by atoms with Crippen LogP contribution in [0.3, 0.4) is 0 Å². The highest BCUT2D eigenvalue weighted by Crippen LogP contribution is 2.58. The average molecular weight is 304 g/mol. The Labute approximate surface area is 120 Å². The SMILES string of the molecule is CC(CS(C)(=O)=O)NC(=O)C1(N)C2CCOC2C1(C)C. The Morgan fingerprint density at radius 2 is 2.10 bits per heavy atom. The standard InChI is InChI=1S/C13H24N2O4S/c1-8(7-20(4,17)18)15-11(16)13(14)9-5-6-19-10(9)12(13,2)3/h8-10H,5-7,14H2,1-4H3,(H,15,16). The quantitative estimate of drug-likeness (QED) is 0.741. The van der Waals surface area contributed by atoms with Gasteiger partial charge in [-0.15, -0.1) is 0 Å². The number of amides is 1. The largest absolute Gasteiger partial charge is 0.377 e. The maximum Gasteiger partial charge on any atom is 0.241 e. The summed E-state index contributed by atoms with van der Waals surface area (Å²) >= 11 is 0. The van der Waals surface area contributed by atoms with E-state index >= 15 is 0 Å². The monoisotopic (exact) mass is 304 g/mol. The van der Waals surface area contributed by atoms with Crippen LogP contribution < -0.4 is 11.1 Å². The van der Waals surface area contributed by atoms with Gasteiger partial charge in [0.15, 0.2) is 0 Å². The number of hydrogen-bond acceptors (Lipinski definition) is 5. The van der Waals surface area contributed by atoms with Gasteiger partial charge in [0.2, 0.25) is 5.91 Å². The molecule has 1 aliphatic carbocycles. The molecule has 20 heavy (non-hydrogen) atoms. The molecule has 0 aromatic heterocycles. The first-order valence-electron chi connectivity index (χ1n) is 6.89. The fourth-order valence-corrected chi connectivity index (χ4v) is 4.68. The maximum absolute atomic E-state index is 12.5. The van der Waals surface area contributed by atoms with E-state index in [9.17, 15) is 13.2 Å². The molecule has 4 atom stereocenters. The number of hydrogen-bond donors (Lipinski definition) is 2. The number of carbonyl (C=O) groups is 1. The highest BCUT2D eigenvalue weighted by molar-refractivity contribution is 7.90. The summed E-state index contributed by atoms with van der Waals surface area (Å²) in [6.07, 6.45) is 1.95. The molecule has 1 saturated heterocycles. The third kappa shape index (κ3) is 2.25. The number of ether oxygens (including phenoxy) is 1. The van der Waals surface area contributed by atoms with Crippen LogP contribution in [0.25, 0.3) is 0 Å². The second-order valence-corrected chi connectivity index (χ2v) is 8.93. The summed E-state index contributed by atoms with van der Waals surface area (Å²) in [7, 11) is -3.13. The van der Waals surface area contributed by atoms with Crippen molar-refractivity contribution in [2.45, 2.75) is 44.9 Å². The Bertz CT molecular complexity index is 516. The van der Waals surface area contributed by atoms with Gasteiger partial charge in [0, 0.05) is 30.2 Å². The number of sulfone groups is 1. The van der Waals surface area contributed by atoms with E-state index in [1.54, 1.807) is 6.92 Å². The minimum atomic E-state index is -3.13. The molecule has 6 nitrogen and oxygen atoms in total. The molecule has 4 unspecified atom stereocenters. The van der Waals surface area contributed by atoms with Crippen LogP contribution in [-0.4, -0.2) is 50.6 Å². The lowest BCUT2D eigenvalue weighted by Crippen LogP contribution is -2.80. The summed E-state index contributed by atoms with van der Waals surface area (Å²) in [5.41, 5.74) is 4.95. The molecule has 7 heteroatoms. The van der Waals surface area contributed by atoms with Gasteiger partial charge in [-0.3, -0.25) is 4.79 Å². The van der Waals surface area contributed by atoms with Crippen molar-refractivity contribution < 1.29 is 17.9 Å². The van der Waals surface area contributed by atoms with E-state index in [4.69, 9.17) is 10.5 Å². The third-order valence-electron chi connectivity index (χ3n) is 4.76. The van der Waals surface area contributed by atoms with Crippen LogP contribution in [0.1, 0.15) is 27.2 Å². The smallest absolute Gasteiger partial charge is 0.241 e. The van der Waals surface area contributed by atoms with Crippen LogP contribution in [0, 0.1) is 11.3 Å². The summed E-state index contributed by atoms with van der Waals surface area (Å²) in [5, 5.41) is 2.75. The van der Waals surface area contributed by atoms with Gasteiger partial charge in [-0.05, 0) is 13.3 Å². The van der Waals surface area contributed by atoms with Crippen LogP contribution in [-0.2, 0) is 19.4 Å². The Hall–Kier alpha value is -0.660. The molecule has 1 aliphatic heterocycles. The Morgan fingerprint density at radius 3 is 2.65 bits per heavy atom. The fourth-order valence-electron chi connectivity index (χ4n) is 3.68. The van der Waals surface area contributed by atoms with Gasteiger partial charge >= 0.3 is 0 Å². The Kier molecular flexibility index (Phi) is 3.68. The first kappa shape index (κ1) is 15.7. The highest BCUT2D eigenvalue weighted by Gasteiger charge is 2.71. The number of nitrogens with one attached hydrogen (secondary N) is 1. The van der Waals surface area contributed by atoms with Crippen LogP contribution in [0.5, 0.6) is 0 Å². The van der Waals surface area contributed by atoms with Crippen LogP contribution >= 0.6 is 0 Å². The molecule has 116 valence electrons. The minimum absolute atomic E-state index is 0.0166. The zero-order valence-electron chi connectivity index (χ0n) is 12.5. The lowest BCUT2D eigenvalue weighted by Gasteiger charge is -2.60. The average Bonchev–Trinajstić information content (AvgIpc) is 2.72. The molecular weight excluding hydrogens is 280 g/mol. The van der Waals surface area contributed by atoms with E-state index in [0.29, 0.717) is 6.61 Å². The van der Waals surface area contributed by atoms with Crippen molar-refractivity contribution in [2.75, 3.05) is 18.6 Å². The van der Waals surface area contributed by atoms with Gasteiger partial charge in [-0.2, -0.15) is 0 Å². The molecule has 0 radical (unpaired) electrons. The molecule has 2 aliphatic rings. The van der Waals surface area contributed by atoms with Crippen molar-refractivity contribution in [3.63, 3.8) is 0 Å². The van der Waals surface area contributed by atoms with Crippen LogP contribution in [0.2, 0.25) is 0 Å². The van der Waals surface area contributed by atoms with Gasteiger partial charge in [0.1, 0.15) is 15.4 Å². The molecule has 1 saturated carbocycles. The van der Waals surface area contributed by atoms with E-state index in [1.165, 1.54) is 0 Å². The summed E-state index contributed by atoms with van der Waals surface area (Å²) in [6, 6.07) is -0.449. The Morgan fingerprint density at radius 1 is 1.50 bits per heavy atom. The van der Waals surface area contributed by atoms with Gasteiger partial charge in [-0.1, -0.05) is 13.8 Å². The second kappa shape index (κ2) is 4.68. The molecule has 0 bridgehead atoms. The van der Waals surface area contributed by atoms with Crippen molar-refractivity contribution >= 4 is 15.7 Å². The van der Waals surface area contributed by atoms with Crippen molar-refractivity contribution in [2.24, 2.45) is 17.1 Å². The van der Waals surface area contributed by atoms with E-state index in [1.807, 2.05) is 13.8 Å².